The molecular formula is C11H8N3. The van der Waals surface area contributed by atoms with Crippen molar-refractivity contribution in [1.82, 2.24) is 4.98 Å². The van der Waals surface area contributed by atoms with E-state index < -0.39 is 0 Å². The molecule has 0 amide bonds. The van der Waals surface area contributed by atoms with E-state index in [0.29, 0.717) is 0 Å². The maximum Gasteiger partial charge on any atom is 0.104 e. The van der Waals surface area contributed by atoms with Crippen LogP contribution in [0.1, 0.15) is 0 Å². The van der Waals surface area contributed by atoms with Crippen LogP contribution in [0, 0.1) is 6.07 Å². The zero-order chi connectivity index (χ0) is 9.64. The topological polar surface area (TPSA) is 37.6 Å². The Balaban J connectivity index is 2.16. The largest absolute Gasteiger partial charge is 0.262 e. The van der Waals surface area contributed by atoms with Gasteiger partial charge < -0.3 is 0 Å². The Hall–Kier alpha value is -2.03. The molecule has 1 aromatic heterocycles. The average molecular weight is 182 g/mol. The van der Waals surface area contributed by atoms with E-state index in [9.17, 15) is 0 Å². The van der Waals surface area contributed by atoms with Gasteiger partial charge in [-0.3, -0.25) is 4.98 Å². The Morgan fingerprint density at radius 3 is 2.50 bits per heavy atom. The van der Waals surface area contributed by atoms with Crippen molar-refractivity contribution in [2.75, 3.05) is 0 Å². The minimum atomic E-state index is 0.750. The van der Waals surface area contributed by atoms with Gasteiger partial charge in [0.25, 0.3) is 0 Å². The van der Waals surface area contributed by atoms with Gasteiger partial charge in [-0.1, -0.05) is 12.1 Å². The molecule has 67 valence electrons. The molecule has 1 heterocycles. The summed E-state index contributed by atoms with van der Waals surface area (Å²) in [5.41, 5.74) is 1.56. The van der Waals surface area contributed by atoms with Gasteiger partial charge in [-0.15, -0.1) is 5.11 Å². The van der Waals surface area contributed by atoms with E-state index in [1.807, 2.05) is 24.3 Å². The normalized spacial score (nSPS) is 10.6. The minimum Gasteiger partial charge on any atom is -0.262 e. The number of hydrogen-bond donors (Lipinski definition) is 0. The van der Waals surface area contributed by atoms with Crippen LogP contribution in [0.2, 0.25) is 0 Å². The van der Waals surface area contributed by atoms with Gasteiger partial charge in [-0.2, -0.15) is 5.11 Å². The summed E-state index contributed by atoms with van der Waals surface area (Å²) in [6, 6.07) is 13.9. The lowest BCUT2D eigenvalue weighted by Crippen LogP contribution is -1.66. The molecule has 0 saturated heterocycles. The average Bonchev–Trinajstić information content (AvgIpc) is 2.29. The molecule has 3 nitrogen and oxygen atoms in total. The highest BCUT2D eigenvalue weighted by Crippen LogP contribution is 2.15. The molecule has 14 heavy (non-hydrogen) atoms. The highest BCUT2D eigenvalue weighted by molar-refractivity contribution is 5.37. The SMILES string of the molecule is [c]1ccc(/N=N/c2cccnc2)cc1. The summed E-state index contributed by atoms with van der Waals surface area (Å²) in [4.78, 5) is 3.94. The molecule has 0 aliphatic rings. The van der Waals surface area contributed by atoms with Crippen molar-refractivity contribution in [3.05, 3.63) is 54.9 Å². The van der Waals surface area contributed by atoms with E-state index in [4.69, 9.17) is 0 Å². The van der Waals surface area contributed by atoms with E-state index in [2.05, 4.69) is 21.3 Å². The monoisotopic (exact) mass is 182 g/mol. The predicted octanol–water partition coefficient (Wildman–Crippen LogP) is 3.30. The molecule has 2 rings (SSSR count). The van der Waals surface area contributed by atoms with Crippen molar-refractivity contribution in [1.29, 1.82) is 0 Å². The molecule has 0 saturated carbocycles. The lowest BCUT2D eigenvalue weighted by molar-refractivity contribution is 1.20. The quantitative estimate of drug-likeness (QED) is 0.656. The molecule has 0 aliphatic heterocycles. The molecule has 1 aromatic carbocycles. The van der Waals surface area contributed by atoms with Gasteiger partial charge in [0, 0.05) is 6.20 Å². The Labute approximate surface area is 82.2 Å². The standard InChI is InChI=1S/C11H8N3/c1-2-5-10(6-3-1)13-14-11-7-4-8-12-9-11/h2-9H/b14-13+. The molecule has 0 aliphatic carbocycles. The number of benzene rings is 1. The highest BCUT2D eigenvalue weighted by Gasteiger charge is 1.87. The van der Waals surface area contributed by atoms with Crippen LogP contribution in [0.25, 0.3) is 0 Å². The van der Waals surface area contributed by atoms with Gasteiger partial charge >= 0.3 is 0 Å². The third kappa shape index (κ3) is 2.23. The Kier molecular flexibility index (Phi) is 2.62. The predicted molar refractivity (Wildman–Crippen MR) is 53.7 cm³/mol. The second-order valence-electron chi connectivity index (χ2n) is 2.67. The van der Waals surface area contributed by atoms with Crippen LogP contribution in [-0.4, -0.2) is 4.98 Å². The molecular weight excluding hydrogens is 174 g/mol. The van der Waals surface area contributed by atoms with Crippen LogP contribution in [-0.2, 0) is 0 Å². The van der Waals surface area contributed by atoms with Crippen molar-refractivity contribution in [3.63, 3.8) is 0 Å². The Bertz CT molecular complexity index is 368. The first-order valence-corrected chi connectivity index (χ1v) is 4.23. The van der Waals surface area contributed by atoms with Crippen molar-refractivity contribution in [2.24, 2.45) is 10.2 Å². The van der Waals surface area contributed by atoms with Crippen LogP contribution < -0.4 is 0 Å². The first kappa shape index (κ1) is 8.56. The highest BCUT2D eigenvalue weighted by atomic mass is 15.1. The third-order valence-corrected chi connectivity index (χ3v) is 1.63. The molecule has 2 aromatic rings. The molecule has 0 atom stereocenters. The molecule has 0 fully saturated rings. The third-order valence-electron chi connectivity index (χ3n) is 1.63. The summed E-state index contributed by atoms with van der Waals surface area (Å²) < 4.78 is 0. The first-order valence-electron chi connectivity index (χ1n) is 4.23. The number of pyridine rings is 1. The lowest BCUT2D eigenvalue weighted by atomic mass is 10.3. The first-order chi connectivity index (χ1) is 6.95. The molecule has 0 bridgehead atoms. The maximum absolute atomic E-state index is 4.04. The van der Waals surface area contributed by atoms with Crippen molar-refractivity contribution >= 4 is 11.4 Å². The van der Waals surface area contributed by atoms with Crippen LogP contribution in [0.4, 0.5) is 11.4 Å². The van der Waals surface area contributed by atoms with Gasteiger partial charge in [0.15, 0.2) is 0 Å². The van der Waals surface area contributed by atoms with Gasteiger partial charge in [0.1, 0.15) is 5.69 Å². The van der Waals surface area contributed by atoms with Crippen molar-refractivity contribution in [3.8, 4) is 0 Å². The van der Waals surface area contributed by atoms with Crippen molar-refractivity contribution < 1.29 is 0 Å². The van der Waals surface area contributed by atoms with Crippen LogP contribution >= 0.6 is 0 Å². The fourth-order valence-corrected chi connectivity index (χ4v) is 0.973. The minimum absolute atomic E-state index is 0.750. The summed E-state index contributed by atoms with van der Waals surface area (Å²) >= 11 is 0. The fourth-order valence-electron chi connectivity index (χ4n) is 0.973. The van der Waals surface area contributed by atoms with Crippen molar-refractivity contribution in [2.45, 2.75) is 0 Å². The van der Waals surface area contributed by atoms with E-state index in [1.165, 1.54) is 0 Å². The second kappa shape index (κ2) is 4.28. The number of nitrogens with zero attached hydrogens (tertiary/aromatic N) is 3. The van der Waals surface area contributed by atoms with Gasteiger partial charge in [0.05, 0.1) is 11.9 Å². The van der Waals surface area contributed by atoms with Crippen LogP contribution in [0.3, 0.4) is 0 Å². The van der Waals surface area contributed by atoms with Crippen LogP contribution in [0.5, 0.6) is 0 Å². The van der Waals surface area contributed by atoms with E-state index in [-0.39, 0.29) is 0 Å². The molecule has 1 radical (unpaired) electrons. The molecule has 0 spiro atoms. The number of hydrogen-bond acceptors (Lipinski definition) is 3. The summed E-state index contributed by atoms with van der Waals surface area (Å²) in [5.74, 6) is 0. The van der Waals surface area contributed by atoms with Crippen LogP contribution in [0.15, 0.2) is 59.0 Å². The molecule has 3 heteroatoms. The van der Waals surface area contributed by atoms with Gasteiger partial charge in [-0.05, 0) is 30.3 Å². The summed E-state index contributed by atoms with van der Waals surface area (Å²) in [6.07, 6.45) is 3.37. The van der Waals surface area contributed by atoms with Gasteiger partial charge in [0.2, 0.25) is 0 Å². The van der Waals surface area contributed by atoms with E-state index in [1.54, 1.807) is 24.5 Å². The summed E-state index contributed by atoms with van der Waals surface area (Å²) in [5, 5.41) is 8.07. The lowest BCUT2D eigenvalue weighted by Gasteiger charge is -1.90. The zero-order valence-electron chi connectivity index (χ0n) is 7.46. The number of rotatable bonds is 2. The van der Waals surface area contributed by atoms with E-state index in [0.717, 1.165) is 11.4 Å². The molecule has 0 unspecified atom stereocenters. The number of aromatic nitrogens is 1. The second-order valence-corrected chi connectivity index (χ2v) is 2.67. The van der Waals surface area contributed by atoms with Gasteiger partial charge in [-0.25, -0.2) is 0 Å². The fraction of sp³-hybridized carbons (Fsp3) is 0. The zero-order valence-corrected chi connectivity index (χ0v) is 7.46. The summed E-state index contributed by atoms with van der Waals surface area (Å²) in [6.45, 7) is 0. The van der Waals surface area contributed by atoms with E-state index >= 15 is 0 Å². The molecule has 0 N–H and O–H groups in total. The summed E-state index contributed by atoms with van der Waals surface area (Å²) in [7, 11) is 0. The Morgan fingerprint density at radius 2 is 1.79 bits per heavy atom. The number of azo groups is 1. The smallest absolute Gasteiger partial charge is 0.104 e. The maximum atomic E-state index is 4.04. The Morgan fingerprint density at radius 1 is 1.00 bits per heavy atom.